The Bertz CT molecular complexity index is 154. The van der Waals surface area contributed by atoms with Crippen LogP contribution in [0.4, 0.5) is 0 Å². The van der Waals surface area contributed by atoms with Crippen LogP contribution in [0.25, 0.3) is 0 Å². The molecule has 2 atom stereocenters. The lowest BCUT2D eigenvalue weighted by molar-refractivity contribution is -0.146. The molecule has 3 nitrogen and oxygen atoms in total. The van der Waals surface area contributed by atoms with Gasteiger partial charge in [-0.3, -0.25) is 4.79 Å². The van der Waals surface area contributed by atoms with Gasteiger partial charge in [-0.25, -0.2) is 0 Å². The Hall–Kier alpha value is -0.570. The standard InChI is InChI=1S/C10H20O3/c1-5-13-6-9(10(11)12)8(4)7(2)3/h7-9H,5-6H2,1-4H3,(H,11,12). The van der Waals surface area contributed by atoms with Gasteiger partial charge >= 0.3 is 5.97 Å². The predicted molar refractivity (Wildman–Crippen MR) is 51.6 cm³/mol. The van der Waals surface area contributed by atoms with Crippen LogP contribution in [0.2, 0.25) is 0 Å². The van der Waals surface area contributed by atoms with Crippen LogP contribution in [-0.4, -0.2) is 24.3 Å². The topological polar surface area (TPSA) is 46.5 Å². The number of hydrogen-bond donors (Lipinski definition) is 1. The Kier molecular flexibility index (Phi) is 5.71. The van der Waals surface area contributed by atoms with Crippen LogP contribution in [-0.2, 0) is 9.53 Å². The zero-order chi connectivity index (χ0) is 10.4. The zero-order valence-electron chi connectivity index (χ0n) is 8.91. The van der Waals surface area contributed by atoms with Crippen LogP contribution in [0.15, 0.2) is 0 Å². The molecular weight excluding hydrogens is 168 g/mol. The number of aliphatic carboxylic acids is 1. The van der Waals surface area contributed by atoms with Gasteiger partial charge in [0.1, 0.15) is 0 Å². The summed E-state index contributed by atoms with van der Waals surface area (Å²) >= 11 is 0. The normalized spacial score (nSPS) is 15.8. The van der Waals surface area contributed by atoms with Crippen molar-refractivity contribution in [3.8, 4) is 0 Å². The van der Waals surface area contributed by atoms with Crippen molar-refractivity contribution in [2.24, 2.45) is 17.8 Å². The fourth-order valence-electron chi connectivity index (χ4n) is 1.16. The molecule has 2 unspecified atom stereocenters. The lowest BCUT2D eigenvalue weighted by Crippen LogP contribution is -2.29. The van der Waals surface area contributed by atoms with Crippen molar-refractivity contribution in [2.75, 3.05) is 13.2 Å². The quantitative estimate of drug-likeness (QED) is 0.693. The minimum absolute atomic E-state index is 0.157. The Morgan fingerprint density at radius 3 is 2.23 bits per heavy atom. The third-order valence-corrected chi connectivity index (χ3v) is 2.50. The van der Waals surface area contributed by atoms with Gasteiger partial charge in [0.05, 0.1) is 12.5 Å². The molecule has 0 amide bonds. The second kappa shape index (κ2) is 5.97. The molecule has 0 saturated heterocycles. The molecule has 0 radical (unpaired) electrons. The van der Waals surface area contributed by atoms with E-state index in [0.717, 1.165) is 0 Å². The van der Waals surface area contributed by atoms with Crippen molar-refractivity contribution >= 4 is 5.97 Å². The Labute approximate surface area is 80.1 Å². The van der Waals surface area contributed by atoms with Crippen LogP contribution < -0.4 is 0 Å². The Morgan fingerprint density at radius 2 is 1.92 bits per heavy atom. The third-order valence-electron chi connectivity index (χ3n) is 2.50. The first kappa shape index (κ1) is 12.4. The number of rotatable bonds is 6. The number of hydrogen-bond acceptors (Lipinski definition) is 2. The van der Waals surface area contributed by atoms with Crippen molar-refractivity contribution in [3.63, 3.8) is 0 Å². The van der Waals surface area contributed by atoms with Gasteiger partial charge in [0.15, 0.2) is 0 Å². The summed E-state index contributed by atoms with van der Waals surface area (Å²) < 4.78 is 5.15. The molecule has 0 spiro atoms. The molecule has 1 N–H and O–H groups in total. The molecule has 0 rings (SSSR count). The first-order valence-electron chi connectivity index (χ1n) is 4.81. The van der Waals surface area contributed by atoms with Gasteiger partial charge in [0, 0.05) is 6.61 Å². The largest absolute Gasteiger partial charge is 0.481 e. The molecule has 0 saturated carbocycles. The molecule has 0 aromatic carbocycles. The van der Waals surface area contributed by atoms with Crippen LogP contribution in [0.5, 0.6) is 0 Å². The van der Waals surface area contributed by atoms with Crippen LogP contribution >= 0.6 is 0 Å². The third kappa shape index (κ3) is 4.27. The molecule has 0 aliphatic carbocycles. The second-order valence-corrected chi connectivity index (χ2v) is 3.71. The number of carbonyl (C=O) groups is 1. The summed E-state index contributed by atoms with van der Waals surface area (Å²) in [5.41, 5.74) is 0. The van der Waals surface area contributed by atoms with Crippen molar-refractivity contribution in [1.82, 2.24) is 0 Å². The lowest BCUT2D eigenvalue weighted by atomic mass is 9.85. The number of carboxylic acid groups (broad SMARTS) is 1. The van der Waals surface area contributed by atoms with E-state index in [2.05, 4.69) is 0 Å². The zero-order valence-corrected chi connectivity index (χ0v) is 8.91. The Balaban J connectivity index is 4.15. The highest BCUT2D eigenvalue weighted by Crippen LogP contribution is 2.20. The van der Waals surface area contributed by atoms with Crippen LogP contribution in [0.3, 0.4) is 0 Å². The maximum absolute atomic E-state index is 10.9. The average molecular weight is 188 g/mol. The van der Waals surface area contributed by atoms with E-state index in [0.29, 0.717) is 19.1 Å². The highest BCUT2D eigenvalue weighted by molar-refractivity contribution is 5.70. The summed E-state index contributed by atoms with van der Waals surface area (Å²) in [5.74, 6) is -0.597. The van der Waals surface area contributed by atoms with Crippen molar-refractivity contribution < 1.29 is 14.6 Å². The minimum Gasteiger partial charge on any atom is -0.481 e. The predicted octanol–water partition coefficient (Wildman–Crippen LogP) is 2.02. The summed E-state index contributed by atoms with van der Waals surface area (Å²) in [7, 11) is 0. The van der Waals surface area contributed by atoms with E-state index in [9.17, 15) is 4.79 Å². The highest BCUT2D eigenvalue weighted by atomic mass is 16.5. The van der Waals surface area contributed by atoms with E-state index < -0.39 is 5.97 Å². The van der Waals surface area contributed by atoms with Gasteiger partial charge in [-0.2, -0.15) is 0 Å². The maximum Gasteiger partial charge on any atom is 0.309 e. The van der Waals surface area contributed by atoms with Crippen molar-refractivity contribution in [2.45, 2.75) is 27.7 Å². The maximum atomic E-state index is 10.9. The fraction of sp³-hybridized carbons (Fsp3) is 0.900. The summed E-state index contributed by atoms with van der Waals surface area (Å²) in [6.07, 6.45) is 0. The summed E-state index contributed by atoms with van der Waals surface area (Å²) in [6.45, 7) is 8.81. The molecule has 0 fully saturated rings. The van der Waals surface area contributed by atoms with Crippen molar-refractivity contribution in [3.05, 3.63) is 0 Å². The SMILES string of the molecule is CCOCC(C(=O)O)C(C)C(C)C. The van der Waals surface area contributed by atoms with Gasteiger partial charge in [0.25, 0.3) is 0 Å². The number of ether oxygens (including phenoxy) is 1. The van der Waals surface area contributed by atoms with E-state index in [1.54, 1.807) is 0 Å². The lowest BCUT2D eigenvalue weighted by Gasteiger charge is -2.22. The monoisotopic (exact) mass is 188 g/mol. The van der Waals surface area contributed by atoms with Gasteiger partial charge in [0.2, 0.25) is 0 Å². The summed E-state index contributed by atoms with van der Waals surface area (Å²) in [5, 5.41) is 8.94. The molecular formula is C10H20O3. The summed E-state index contributed by atoms with van der Waals surface area (Å²) in [4.78, 5) is 10.9. The molecule has 0 heterocycles. The highest BCUT2D eigenvalue weighted by Gasteiger charge is 2.26. The smallest absolute Gasteiger partial charge is 0.309 e. The van der Waals surface area contributed by atoms with E-state index in [1.165, 1.54) is 0 Å². The average Bonchev–Trinajstić information content (AvgIpc) is 2.04. The van der Waals surface area contributed by atoms with E-state index in [-0.39, 0.29) is 11.8 Å². The number of carboxylic acids is 1. The Morgan fingerprint density at radius 1 is 1.38 bits per heavy atom. The fourth-order valence-corrected chi connectivity index (χ4v) is 1.16. The van der Waals surface area contributed by atoms with E-state index in [1.807, 2.05) is 27.7 Å². The van der Waals surface area contributed by atoms with E-state index >= 15 is 0 Å². The molecule has 0 aliphatic heterocycles. The molecule has 13 heavy (non-hydrogen) atoms. The first-order valence-corrected chi connectivity index (χ1v) is 4.81. The van der Waals surface area contributed by atoms with Gasteiger partial charge in [-0.1, -0.05) is 20.8 Å². The minimum atomic E-state index is -0.755. The molecule has 0 aromatic heterocycles. The van der Waals surface area contributed by atoms with E-state index in [4.69, 9.17) is 9.84 Å². The second-order valence-electron chi connectivity index (χ2n) is 3.71. The van der Waals surface area contributed by atoms with Gasteiger partial charge in [-0.15, -0.1) is 0 Å². The van der Waals surface area contributed by atoms with Crippen LogP contribution in [0, 0.1) is 17.8 Å². The molecule has 0 aliphatic rings. The first-order chi connectivity index (χ1) is 6.00. The molecule has 0 aromatic rings. The molecule has 0 bridgehead atoms. The van der Waals surface area contributed by atoms with Crippen LogP contribution in [0.1, 0.15) is 27.7 Å². The van der Waals surface area contributed by atoms with Gasteiger partial charge < -0.3 is 9.84 Å². The van der Waals surface area contributed by atoms with Gasteiger partial charge in [-0.05, 0) is 18.8 Å². The molecule has 78 valence electrons. The van der Waals surface area contributed by atoms with Crippen molar-refractivity contribution in [1.29, 1.82) is 0 Å². The molecule has 3 heteroatoms. The summed E-state index contributed by atoms with van der Waals surface area (Å²) in [6, 6.07) is 0.